The fourth-order valence-electron chi connectivity index (χ4n) is 2.35. The third kappa shape index (κ3) is 3.45. The monoisotopic (exact) mass is 233 g/mol. The Morgan fingerprint density at radius 3 is 2.53 bits per heavy atom. The third-order valence-corrected chi connectivity index (χ3v) is 5.52. The van der Waals surface area contributed by atoms with Crippen LogP contribution < -0.4 is 5.32 Å². The molecule has 0 bridgehead atoms. The SMILES string of the molecule is CCCNC1CCCC1S(=O)(=O)CCC. The predicted octanol–water partition coefficient (Wildman–Crippen LogP) is 1.73. The zero-order chi connectivity index (χ0) is 11.3. The minimum absolute atomic E-state index is 0.121. The first-order valence-corrected chi connectivity index (χ1v) is 7.78. The molecule has 0 heterocycles. The summed E-state index contributed by atoms with van der Waals surface area (Å²) in [6.45, 7) is 4.97. The third-order valence-electron chi connectivity index (χ3n) is 3.06. The van der Waals surface area contributed by atoms with Gasteiger partial charge in [0, 0.05) is 6.04 Å². The maximum Gasteiger partial charge on any atom is 0.154 e. The number of nitrogens with one attached hydrogen (secondary N) is 1. The fraction of sp³-hybridized carbons (Fsp3) is 1.00. The van der Waals surface area contributed by atoms with Gasteiger partial charge in [0.25, 0.3) is 0 Å². The van der Waals surface area contributed by atoms with E-state index in [2.05, 4.69) is 12.2 Å². The van der Waals surface area contributed by atoms with Gasteiger partial charge in [-0.25, -0.2) is 8.42 Å². The summed E-state index contributed by atoms with van der Waals surface area (Å²) in [6, 6.07) is 0.210. The Bertz CT molecular complexity index is 274. The number of hydrogen-bond acceptors (Lipinski definition) is 3. The van der Waals surface area contributed by atoms with Gasteiger partial charge in [0.05, 0.1) is 11.0 Å². The van der Waals surface area contributed by atoms with E-state index in [9.17, 15) is 8.42 Å². The van der Waals surface area contributed by atoms with Gasteiger partial charge in [-0.15, -0.1) is 0 Å². The lowest BCUT2D eigenvalue weighted by molar-refractivity contribution is 0.504. The second-order valence-corrected chi connectivity index (χ2v) is 6.74. The molecule has 0 aliphatic heterocycles. The van der Waals surface area contributed by atoms with E-state index in [0.29, 0.717) is 5.75 Å². The summed E-state index contributed by atoms with van der Waals surface area (Å²) < 4.78 is 23.9. The lowest BCUT2D eigenvalue weighted by atomic mass is 10.2. The summed E-state index contributed by atoms with van der Waals surface area (Å²) in [5.74, 6) is 0.349. The molecule has 0 saturated heterocycles. The average molecular weight is 233 g/mol. The van der Waals surface area contributed by atoms with Gasteiger partial charge >= 0.3 is 0 Å². The van der Waals surface area contributed by atoms with Gasteiger partial charge in [-0.3, -0.25) is 0 Å². The summed E-state index contributed by atoms with van der Waals surface area (Å²) in [4.78, 5) is 0. The molecule has 1 aliphatic rings. The van der Waals surface area contributed by atoms with E-state index in [0.717, 1.165) is 38.6 Å². The summed E-state index contributed by atoms with van der Waals surface area (Å²) in [7, 11) is -2.85. The highest BCUT2D eigenvalue weighted by molar-refractivity contribution is 7.92. The predicted molar refractivity (Wildman–Crippen MR) is 63.8 cm³/mol. The van der Waals surface area contributed by atoms with E-state index in [4.69, 9.17) is 0 Å². The van der Waals surface area contributed by atoms with Crippen LogP contribution in [0.3, 0.4) is 0 Å². The normalized spacial score (nSPS) is 27.1. The van der Waals surface area contributed by atoms with Gasteiger partial charge < -0.3 is 5.32 Å². The van der Waals surface area contributed by atoms with E-state index in [1.54, 1.807) is 0 Å². The number of sulfone groups is 1. The topological polar surface area (TPSA) is 46.2 Å². The molecule has 2 atom stereocenters. The van der Waals surface area contributed by atoms with Crippen molar-refractivity contribution in [1.29, 1.82) is 0 Å². The Kier molecular flexibility index (Phi) is 5.06. The molecule has 1 rings (SSSR count). The lowest BCUT2D eigenvalue weighted by Crippen LogP contribution is -2.41. The van der Waals surface area contributed by atoms with Gasteiger partial charge in [-0.1, -0.05) is 20.3 Å². The van der Waals surface area contributed by atoms with Crippen molar-refractivity contribution >= 4 is 9.84 Å². The first-order chi connectivity index (χ1) is 7.11. The summed E-state index contributed by atoms with van der Waals surface area (Å²) in [5.41, 5.74) is 0. The van der Waals surface area contributed by atoms with Crippen molar-refractivity contribution < 1.29 is 8.42 Å². The van der Waals surface area contributed by atoms with Crippen molar-refractivity contribution in [2.75, 3.05) is 12.3 Å². The van der Waals surface area contributed by atoms with Crippen LogP contribution in [0, 0.1) is 0 Å². The highest BCUT2D eigenvalue weighted by atomic mass is 32.2. The van der Waals surface area contributed by atoms with Crippen molar-refractivity contribution in [3.8, 4) is 0 Å². The Hall–Kier alpha value is -0.0900. The van der Waals surface area contributed by atoms with Crippen LogP contribution in [0.25, 0.3) is 0 Å². The van der Waals surface area contributed by atoms with Crippen LogP contribution >= 0.6 is 0 Å². The summed E-state index contributed by atoms with van der Waals surface area (Å²) in [6.07, 6.45) is 4.72. The quantitative estimate of drug-likeness (QED) is 0.760. The maximum atomic E-state index is 12.0. The van der Waals surface area contributed by atoms with Gasteiger partial charge in [-0.05, 0) is 32.2 Å². The van der Waals surface area contributed by atoms with Crippen molar-refractivity contribution in [2.24, 2.45) is 0 Å². The van der Waals surface area contributed by atoms with Crippen LogP contribution in [0.1, 0.15) is 46.0 Å². The number of hydrogen-bond donors (Lipinski definition) is 1. The molecular weight excluding hydrogens is 210 g/mol. The van der Waals surface area contributed by atoms with E-state index in [1.807, 2.05) is 6.92 Å². The molecule has 1 N–H and O–H groups in total. The van der Waals surface area contributed by atoms with Gasteiger partial charge in [0.2, 0.25) is 0 Å². The van der Waals surface area contributed by atoms with E-state index in [1.165, 1.54) is 0 Å². The smallest absolute Gasteiger partial charge is 0.154 e. The van der Waals surface area contributed by atoms with Crippen LogP contribution in [0.4, 0.5) is 0 Å². The largest absolute Gasteiger partial charge is 0.313 e. The minimum atomic E-state index is -2.85. The zero-order valence-corrected chi connectivity index (χ0v) is 10.6. The Morgan fingerprint density at radius 2 is 1.93 bits per heavy atom. The molecule has 0 amide bonds. The molecule has 3 nitrogen and oxygen atoms in total. The van der Waals surface area contributed by atoms with Crippen LogP contribution in [0.2, 0.25) is 0 Å². The second kappa shape index (κ2) is 5.85. The first kappa shape index (κ1) is 13.0. The molecule has 0 aromatic rings. The lowest BCUT2D eigenvalue weighted by Gasteiger charge is -2.20. The van der Waals surface area contributed by atoms with E-state index in [-0.39, 0.29) is 11.3 Å². The molecular formula is C11H23NO2S. The maximum absolute atomic E-state index is 12.0. The first-order valence-electron chi connectivity index (χ1n) is 6.06. The van der Waals surface area contributed by atoms with Gasteiger partial charge in [0.15, 0.2) is 9.84 Å². The van der Waals surface area contributed by atoms with Gasteiger partial charge in [-0.2, -0.15) is 0 Å². The zero-order valence-electron chi connectivity index (χ0n) is 9.83. The van der Waals surface area contributed by atoms with Crippen LogP contribution in [0.5, 0.6) is 0 Å². The molecule has 0 radical (unpaired) electrons. The standard InChI is InChI=1S/C11H23NO2S/c1-3-8-12-10-6-5-7-11(10)15(13,14)9-4-2/h10-12H,3-9H2,1-2H3. The molecule has 0 aromatic heterocycles. The molecule has 1 aliphatic carbocycles. The van der Waals surface area contributed by atoms with Crippen LogP contribution in [-0.4, -0.2) is 32.0 Å². The molecule has 4 heteroatoms. The highest BCUT2D eigenvalue weighted by Crippen LogP contribution is 2.26. The van der Waals surface area contributed by atoms with Crippen molar-refractivity contribution in [1.82, 2.24) is 5.32 Å². The second-order valence-electron chi connectivity index (χ2n) is 4.40. The number of rotatable bonds is 6. The van der Waals surface area contributed by atoms with Crippen LogP contribution in [-0.2, 0) is 9.84 Å². The average Bonchev–Trinajstić information content (AvgIpc) is 2.63. The molecule has 90 valence electrons. The van der Waals surface area contributed by atoms with E-state index >= 15 is 0 Å². The molecule has 0 aromatic carbocycles. The summed E-state index contributed by atoms with van der Waals surface area (Å²) >= 11 is 0. The highest BCUT2D eigenvalue weighted by Gasteiger charge is 2.36. The minimum Gasteiger partial charge on any atom is -0.313 e. The Morgan fingerprint density at radius 1 is 1.20 bits per heavy atom. The molecule has 0 spiro atoms. The summed E-state index contributed by atoms with van der Waals surface area (Å²) in [5, 5.41) is 3.25. The van der Waals surface area contributed by atoms with Crippen molar-refractivity contribution in [3.05, 3.63) is 0 Å². The van der Waals surface area contributed by atoms with Crippen LogP contribution in [0.15, 0.2) is 0 Å². The van der Waals surface area contributed by atoms with Gasteiger partial charge in [0.1, 0.15) is 0 Å². The fourth-order valence-corrected chi connectivity index (χ4v) is 4.49. The van der Waals surface area contributed by atoms with Crippen molar-refractivity contribution in [3.63, 3.8) is 0 Å². The Balaban J connectivity index is 2.59. The molecule has 1 fully saturated rings. The molecule has 2 unspecified atom stereocenters. The molecule has 15 heavy (non-hydrogen) atoms. The van der Waals surface area contributed by atoms with E-state index < -0.39 is 9.84 Å². The Labute approximate surface area is 93.6 Å². The van der Waals surface area contributed by atoms with Crippen molar-refractivity contribution in [2.45, 2.75) is 57.2 Å². The molecule has 1 saturated carbocycles.